The molecule has 0 saturated carbocycles. The quantitative estimate of drug-likeness (QED) is 0.657. The van der Waals surface area contributed by atoms with Crippen molar-refractivity contribution in [1.82, 2.24) is 9.78 Å². The maximum absolute atomic E-state index is 4.26. The van der Waals surface area contributed by atoms with E-state index in [9.17, 15) is 0 Å². The molecule has 0 amide bonds. The second kappa shape index (κ2) is 3.57. The van der Waals surface area contributed by atoms with Crippen molar-refractivity contribution in [2.45, 2.75) is 34.2 Å². The van der Waals surface area contributed by atoms with Crippen molar-refractivity contribution in [2.75, 3.05) is 0 Å². The number of nitrogens with zero attached hydrogens (tertiary/aromatic N) is 2. The SMILES string of the molecule is CCn1ncc(C)c1C=C(C)C. The van der Waals surface area contributed by atoms with Crippen LogP contribution in [0.1, 0.15) is 32.0 Å². The van der Waals surface area contributed by atoms with Gasteiger partial charge >= 0.3 is 0 Å². The highest BCUT2D eigenvalue weighted by molar-refractivity contribution is 5.51. The molecular weight excluding hydrogens is 148 g/mol. The summed E-state index contributed by atoms with van der Waals surface area (Å²) in [6, 6.07) is 0. The second-order valence-electron chi connectivity index (χ2n) is 3.25. The van der Waals surface area contributed by atoms with Crippen molar-refractivity contribution in [2.24, 2.45) is 0 Å². The molecule has 0 aromatic carbocycles. The first-order valence-corrected chi connectivity index (χ1v) is 4.32. The van der Waals surface area contributed by atoms with Gasteiger partial charge in [0.1, 0.15) is 0 Å². The van der Waals surface area contributed by atoms with Crippen LogP contribution in [0.4, 0.5) is 0 Å². The van der Waals surface area contributed by atoms with Crippen LogP contribution in [0, 0.1) is 6.92 Å². The van der Waals surface area contributed by atoms with Crippen LogP contribution in [0.15, 0.2) is 11.8 Å². The van der Waals surface area contributed by atoms with E-state index in [2.05, 4.69) is 38.9 Å². The lowest BCUT2D eigenvalue weighted by Gasteiger charge is -2.01. The van der Waals surface area contributed by atoms with Gasteiger partial charge in [-0.05, 0) is 39.3 Å². The van der Waals surface area contributed by atoms with Gasteiger partial charge in [0.15, 0.2) is 0 Å². The van der Waals surface area contributed by atoms with Gasteiger partial charge in [0.25, 0.3) is 0 Å². The maximum atomic E-state index is 4.26. The smallest absolute Gasteiger partial charge is 0.0638 e. The average molecular weight is 164 g/mol. The first-order chi connectivity index (χ1) is 5.65. The number of rotatable bonds is 2. The summed E-state index contributed by atoms with van der Waals surface area (Å²) in [4.78, 5) is 0. The summed E-state index contributed by atoms with van der Waals surface area (Å²) in [5, 5.41) is 4.26. The Morgan fingerprint density at radius 3 is 2.75 bits per heavy atom. The zero-order valence-corrected chi connectivity index (χ0v) is 8.26. The van der Waals surface area contributed by atoms with Gasteiger partial charge in [-0.1, -0.05) is 5.57 Å². The zero-order chi connectivity index (χ0) is 9.14. The third-order valence-electron chi connectivity index (χ3n) is 1.80. The van der Waals surface area contributed by atoms with Gasteiger partial charge < -0.3 is 0 Å². The fourth-order valence-electron chi connectivity index (χ4n) is 1.20. The topological polar surface area (TPSA) is 17.8 Å². The Bertz CT molecular complexity index is 291. The molecule has 1 heterocycles. The van der Waals surface area contributed by atoms with Crippen LogP contribution in [0.5, 0.6) is 0 Å². The van der Waals surface area contributed by atoms with Gasteiger partial charge in [-0.3, -0.25) is 4.68 Å². The summed E-state index contributed by atoms with van der Waals surface area (Å²) in [6.07, 6.45) is 4.09. The van der Waals surface area contributed by atoms with Crippen LogP contribution in [-0.2, 0) is 6.54 Å². The largest absolute Gasteiger partial charge is 0.266 e. The molecule has 2 nitrogen and oxygen atoms in total. The molecular formula is C10H16N2. The Labute approximate surface area is 73.9 Å². The molecule has 0 saturated heterocycles. The van der Waals surface area contributed by atoms with Crippen LogP contribution in [0.2, 0.25) is 0 Å². The molecule has 0 atom stereocenters. The van der Waals surface area contributed by atoms with Gasteiger partial charge in [-0.25, -0.2) is 0 Å². The predicted molar refractivity (Wildman–Crippen MR) is 52.0 cm³/mol. The minimum atomic E-state index is 0.937. The molecule has 0 unspecified atom stereocenters. The van der Waals surface area contributed by atoms with Crippen molar-refractivity contribution < 1.29 is 0 Å². The van der Waals surface area contributed by atoms with E-state index in [1.165, 1.54) is 16.8 Å². The minimum absolute atomic E-state index is 0.937. The molecule has 12 heavy (non-hydrogen) atoms. The highest BCUT2D eigenvalue weighted by Gasteiger charge is 2.01. The average Bonchev–Trinajstić information content (AvgIpc) is 2.32. The van der Waals surface area contributed by atoms with Crippen LogP contribution in [0.3, 0.4) is 0 Å². The molecule has 1 aromatic rings. The van der Waals surface area contributed by atoms with Crippen molar-refractivity contribution in [3.8, 4) is 0 Å². The fraction of sp³-hybridized carbons (Fsp3) is 0.500. The summed E-state index contributed by atoms with van der Waals surface area (Å²) >= 11 is 0. The molecule has 2 heteroatoms. The van der Waals surface area contributed by atoms with Gasteiger partial charge in [0.05, 0.1) is 11.9 Å². The maximum Gasteiger partial charge on any atom is 0.0638 e. The molecule has 0 spiro atoms. The van der Waals surface area contributed by atoms with Gasteiger partial charge in [0.2, 0.25) is 0 Å². The lowest BCUT2D eigenvalue weighted by molar-refractivity contribution is 0.653. The summed E-state index contributed by atoms with van der Waals surface area (Å²) in [5.41, 5.74) is 3.80. The van der Waals surface area contributed by atoms with Crippen molar-refractivity contribution in [3.05, 3.63) is 23.0 Å². The Kier molecular flexibility index (Phi) is 2.69. The van der Waals surface area contributed by atoms with E-state index in [0.717, 1.165) is 6.54 Å². The van der Waals surface area contributed by atoms with Crippen LogP contribution in [0.25, 0.3) is 6.08 Å². The number of hydrogen-bond acceptors (Lipinski definition) is 1. The number of aryl methyl sites for hydroxylation is 2. The van der Waals surface area contributed by atoms with Gasteiger partial charge in [0, 0.05) is 6.54 Å². The number of hydrogen-bond donors (Lipinski definition) is 0. The lowest BCUT2D eigenvalue weighted by Crippen LogP contribution is -1.99. The molecule has 0 aliphatic rings. The number of aromatic nitrogens is 2. The molecule has 1 rings (SSSR count). The third kappa shape index (κ3) is 1.76. The van der Waals surface area contributed by atoms with E-state index in [-0.39, 0.29) is 0 Å². The number of allylic oxidation sites excluding steroid dienone is 1. The molecule has 0 aliphatic carbocycles. The van der Waals surface area contributed by atoms with Crippen LogP contribution < -0.4 is 0 Å². The lowest BCUT2D eigenvalue weighted by atomic mass is 10.2. The van der Waals surface area contributed by atoms with Crippen molar-refractivity contribution in [1.29, 1.82) is 0 Å². The first kappa shape index (κ1) is 9.04. The molecule has 0 N–H and O–H groups in total. The summed E-state index contributed by atoms with van der Waals surface area (Å²) < 4.78 is 2.02. The van der Waals surface area contributed by atoms with E-state index in [1.54, 1.807) is 0 Å². The highest BCUT2D eigenvalue weighted by Crippen LogP contribution is 2.11. The normalized spacial score (nSPS) is 10.0. The van der Waals surface area contributed by atoms with Gasteiger partial charge in [-0.15, -0.1) is 0 Å². The Balaban J connectivity index is 3.10. The minimum Gasteiger partial charge on any atom is -0.266 e. The van der Waals surface area contributed by atoms with Crippen molar-refractivity contribution in [3.63, 3.8) is 0 Å². The molecule has 1 aromatic heterocycles. The van der Waals surface area contributed by atoms with Crippen LogP contribution >= 0.6 is 0 Å². The van der Waals surface area contributed by atoms with E-state index in [0.29, 0.717) is 0 Å². The Morgan fingerprint density at radius 1 is 1.58 bits per heavy atom. The summed E-state index contributed by atoms with van der Waals surface area (Å²) in [5.74, 6) is 0. The Hall–Kier alpha value is -1.05. The summed E-state index contributed by atoms with van der Waals surface area (Å²) in [7, 11) is 0. The summed E-state index contributed by atoms with van der Waals surface area (Å²) in [6.45, 7) is 9.34. The standard InChI is InChI=1S/C10H16N2/c1-5-12-10(6-8(2)3)9(4)7-11-12/h6-7H,5H2,1-4H3. The predicted octanol–water partition coefficient (Wildman–Crippen LogP) is 2.63. The van der Waals surface area contributed by atoms with E-state index < -0.39 is 0 Å². The molecule has 0 fully saturated rings. The van der Waals surface area contributed by atoms with Crippen molar-refractivity contribution >= 4 is 6.08 Å². The van der Waals surface area contributed by atoms with Gasteiger partial charge in [-0.2, -0.15) is 5.10 Å². The van der Waals surface area contributed by atoms with E-state index in [4.69, 9.17) is 0 Å². The first-order valence-electron chi connectivity index (χ1n) is 4.32. The zero-order valence-electron chi connectivity index (χ0n) is 8.26. The second-order valence-corrected chi connectivity index (χ2v) is 3.25. The van der Waals surface area contributed by atoms with E-state index >= 15 is 0 Å². The highest BCUT2D eigenvalue weighted by atomic mass is 15.3. The Morgan fingerprint density at radius 2 is 2.25 bits per heavy atom. The monoisotopic (exact) mass is 164 g/mol. The fourth-order valence-corrected chi connectivity index (χ4v) is 1.20. The molecule has 0 aliphatic heterocycles. The van der Waals surface area contributed by atoms with Crippen LogP contribution in [-0.4, -0.2) is 9.78 Å². The van der Waals surface area contributed by atoms with E-state index in [1.807, 2.05) is 10.9 Å². The molecule has 0 radical (unpaired) electrons. The molecule has 66 valence electrons. The molecule has 0 bridgehead atoms. The third-order valence-corrected chi connectivity index (χ3v) is 1.80.